The summed E-state index contributed by atoms with van der Waals surface area (Å²) >= 11 is 4.67. The Morgan fingerprint density at radius 1 is 1.40 bits per heavy atom. The summed E-state index contributed by atoms with van der Waals surface area (Å²) in [6.45, 7) is 2.01. The van der Waals surface area contributed by atoms with Gasteiger partial charge >= 0.3 is 0 Å². The molecule has 108 valence electrons. The molecule has 0 atom stereocenters. The first kappa shape index (κ1) is 15.3. The topological polar surface area (TPSA) is 76.9 Å². The van der Waals surface area contributed by atoms with Crippen LogP contribution in [0.15, 0.2) is 38.8 Å². The van der Waals surface area contributed by atoms with Crippen LogP contribution < -0.4 is 4.72 Å². The molecular formula is C11H13BrN4O2S2. The number of aromatic nitrogens is 3. The third kappa shape index (κ3) is 3.15. The van der Waals surface area contributed by atoms with E-state index in [1.54, 1.807) is 23.9 Å². The summed E-state index contributed by atoms with van der Waals surface area (Å²) in [5.74, 6) is 0.857. The van der Waals surface area contributed by atoms with Gasteiger partial charge in [-0.2, -0.15) is 8.42 Å². The van der Waals surface area contributed by atoms with E-state index in [0.717, 1.165) is 10.6 Å². The Morgan fingerprint density at radius 2 is 2.10 bits per heavy atom. The number of benzene rings is 1. The van der Waals surface area contributed by atoms with Crippen molar-refractivity contribution in [1.82, 2.24) is 15.0 Å². The molecule has 9 heteroatoms. The Bertz CT molecular complexity index is 695. The van der Waals surface area contributed by atoms with Gasteiger partial charge < -0.3 is 0 Å². The molecule has 0 amide bonds. The van der Waals surface area contributed by atoms with E-state index in [-0.39, 0.29) is 9.63 Å². The van der Waals surface area contributed by atoms with Crippen LogP contribution >= 0.6 is 27.7 Å². The number of hydrogen-bond acceptors (Lipinski definition) is 5. The van der Waals surface area contributed by atoms with Crippen molar-refractivity contribution in [2.45, 2.75) is 16.8 Å². The fourth-order valence-corrected chi connectivity index (χ4v) is 4.64. The van der Waals surface area contributed by atoms with Gasteiger partial charge in [0.2, 0.25) is 5.03 Å². The molecule has 6 nitrogen and oxygen atoms in total. The third-order valence-corrected chi connectivity index (χ3v) is 5.63. The van der Waals surface area contributed by atoms with Gasteiger partial charge in [0.15, 0.2) is 4.60 Å². The van der Waals surface area contributed by atoms with Crippen molar-refractivity contribution in [3.63, 3.8) is 0 Å². The fourth-order valence-electron chi connectivity index (χ4n) is 1.63. The average Bonchev–Trinajstić information content (AvgIpc) is 2.72. The van der Waals surface area contributed by atoms with Crippen molar-refractivity contribution in [3.8, 4) is 0 Å². The van der Waals surface area contributed by atoms with Crippen LogP contribution in [0.3, 0.4) is 0 Å². The zero-order chi connectivity index (χ0) is 14.8. The smallest absolute Gasteiger partial charge is 0.277 e. The second-order valence-electron chi connectivity index (χ2n) is 3.84. The highest BCUT2D eigenvalue weighted by molar-refractivity contribution is 9.10. The Hall–Kier alpha value is -1.06. The summed E-state index contributed by atoms with van der Waals surface area (Å²) in [6.07, 6.45) is 0. The number of anilines is 1. The Balaban J connectivity index is 2.39. The van der Waals surface area contributed by atoms with E-state index in [4.69, 9.17) is 0 Å². The standard InChI is InChI=1S/C11H13BrN4O2S2/c1-3-19-9-7-5-4-6-8(9)14-20(17,18)11-10(12)13-15-16(11)2/h4-7,14H,3H2,1-2H3. The fraction of sp³-hybridized carbons (Fsp3) is 0.273. The van der Waals surface area contributed by atoms with Crippen LogP contribution in [0.2, 0.25) is 0 Å². The van der Waals surface area contributed by atoms with Crippen LogP contribution in [-0.2, 0) is 17.1 Å². The van der Waals surface area contributed by atoms with Crippen LogP contribution in [0, 0.1) is 0 Å². The monoisotopic (exact) mass is 376 g/mol. The van der Waals surface area contributed by atoms with Crippen LogP contribution in [0.1, 0.15) is 6.92 Å². The highest BCUT2D eigenvalue weighted by atomic mass is 79.9. The second-order valence-corrected chi connectivity index (χ2v) is 7.50. The van der Waals surface area contributed by atoms with E-state index < -0.39 is 10.0 Å². The highest BCUT2D eigenvalue weighted by Crippen LogP contribution is 2.29. The lowest BCUT2D eigenvalue weighted by Gasteiger charge is -2.11. The molecule has 1 heterocycles. The maximum Gasteiger partial charge on any atom is 0.281 e. The molecule has 0 saturated carbocycles. The molecule has 0 aliphatic heterocycles. The minimum Gasteiger partial charge on any atom is -0.277 e. The summed E-state index contributed by atoms with van der Waals surface area (Å²) in [5.41, 5.74) is 0.549. The molecule has 0 aliphatic carbocycles. The van der Waals surface area contributed by atoms with Gasteiger partial charge in [0, 0.05) is 11.9 Å². The van der Waals surface area contributed by atoms with Gasteiger partial charge in [0.25, 0.3) is 10.0 Å². The lowest BCUT2D eigenvalue weighted by atomic mass is 10.3. The molecule has 2 aromatic rings. The van der Waals surface area contributed by atoms with Crippen molar-refractivity contribution in [2.75, 3.05) is 10.5 Å². The summed E-state index contributed by atoms with van der Waals surface area (Å²) in [6, 6.07) is 7.27. The van der Waals surface area contributed by atoms with E-state index in [9.17, 15) is 8.42 Å². The van der Waals surface area contributed by atoms with Crippen molar-refractivity contribution in [3.05, 3.63) is 28.9 Å². The van der Waals surface area contributed by atoms with Gasteiger partial charge in [-0.25, -0.2) is 4.68 Å². The Morgan fingerprint density at radius 3 is 2.70 bits per heavy atom. The number of sulfonamides is 1. The number of halogens is 1. The minimum absolute atomic E-state index is 0.00574. The third-order valence-electron chi connectivity index (χ3n) is 2.42. The first-order valence-corrected chi connectivity index (χ1v) is 9.01. The number of thioether (sulfide) groups is 1. The largest absolute Gasteiger partial charge is 0.281 e. The molecule has 20 heavy (non-hydrogen) atoms. The number of rotatable bonds is 5. The minimum atomic E-state index is -3.74. The average molecular weight is 377 g/mol. The number of aryl methyl sites for hydroxylation is 1. The van der Waals surface area contributed by atoms with Crippen LogP contribution in [0.4, 0.5) is 5.69 Å². The number of nitrogens with zero attached hydrogens (tertiary/aromatic N) is 3. The normalized spacial score (nSPS) is 11.6. The van der Waals surface area contributed by atoms with Crippen LogP contribution in [-0.4, -0.2) is 29.2 Å². The van der Waals surface area contributed by atoms with Crippen molar-refractivity contribution in [1.29, 1.82) is 0 Å². The Labute approximate surface area is 130 Å². The molecule has 1 aromatic carbocycles. The predicted octanol–water partition coefficient (Wildman–Crippen LogP) is 2.49. The second kappa shape index (κ2) is 6.15. The van der Waals surface area contributed by atoms with Gasteiger partial charge in [0.1, 0.15) is 0 Å². The SMILES string of the molecule is CCSc1ccccc1NS(=O)(=O)c1c(Br)nnn1C. The lowest BCUT2D eigenvalue weighted by Crippen LogP contribution is -2.17. The first-order valence-electron chi connectivity index (χ1n) is 5.75. The molecular weight excluding hydrogens is 364 g/mol. The van der Waals surface area contributed by atoms with Gasteiger partial charge in [-0.05, 0) is 33.8 Å². The first-order chi connectivity index (χ1) is 9.45. The maximum absolute atomic E-state index is 12.4. The summed E-state index contributed by atoms with van der Waals surface area (Å²) in [4.78, 5) is 0.879. The molecule has 0 saturated heterocycles. The quantitative estimate of drug-likeness (QED) is 0.811. The summed E-state index contributed by atoms with van der Waals surface area (Å²) in [5, 5.41) is 7.36. The van der Waals surface area contributed by atoms with E-state index in [1.807, 2.05) is 19.1 Å². The van der Waals surface area contributed by atoms with Gasteiger partial charge in [-0.3, -0.25) is 4.72 Å². The molecule has 0 spiro atoms. The van der Waals surface area contributed by atoms with Crippen molar-refractivity contribution >= 4 is 43.4 Å². The molecule has 0 radical (unpaired) electrons. The molecule has 1 aromatic heterocycles. The highest BCUT2D eigenvalue weighted by Gasteiger charge is 2.24. The summed E-state index contributed by atoms with van der Waals surface area (Å²) < 4.78 is 28.8. The molecule has 0 unspecified atom stereocenters. The molecule has 0 aliphatic rings. The lowest BCUT2D eigenvalue weighted by molar-refractivity contribution is 0.578. The van der Waals surface area contributed by atoms with Crippen molar-refractivity contribution < 1.29 is 8.42 Å². The zero-order valence-electron chi connectivity index (χ0n) is 10.9. The summed E-state index contributed by atoms with van der Waals surface area (Å²) in [7, 11) is -2.22. The van der Waals surface area contributed by atoms with E-state index >= 15 is 0 Å². The molecule has 0 fully saturated rings. The van der Waals surface area contributed by atoms with Crippen LogP contribution in [0.5, 0.6) is 0 Å². The molecule has 1 N–H and O–H groups in total. The molecule has 2 rings (SSSR count). The molecule has 0 bridgehead atoms. The van der Waals surface area contributed by atoms with E-state index in [1.165, 1.54) is 11.7 Å². The number of para-hydroxylation sites is 1. The zero-order valence-corrected chi connectivity index (χ0v) is 14.1. The van der Waals surface area contributed by atoms with E-state index in [0.29, 0.717) is 5.69 Å². The predicted molar refractivity (Wildman–Crippen MR) is 82.4 cm³/mol. The number of nitrogens with one attached hydrogen (secondary N) is 1. The van der Waals surface area contributed by atoms with Gasteiger partial charge in [-0.15, -0.1) is 16.9 Å². The van der Waals surface area contributed by atoms with Crippen molar-refractivity contribution in [2.24, 2.45) is 7.05 Å². The number of hydrogen-bond donors (Lipinski definition) is 1. The maximum atomic E-state index is 12.4. The van der Waals surface area contributed by atoms with Gasteiger partial charge in [-0.1, -0.05) is 24.3 Å². The van der Waals surface area contributed by atoms with Gasteiger partial charge in [0.05, 0.1) is 5.69 Å². The van der Waals surface area contributed by atoms with Crippen LogP contribution in [0.25, 0.3) is 0 Å². The van der Waals surface area contributed by atoms with E-state index in [2.05, 4.69) is 31.0 Å². The Kier molecular flexibility index (Phi) is 4.71.